The quantitative estimate of drug-likeness (QED) is 0.815. The van der Waals surface area contributed by atoms with Crippen molar-refractivity contribution in [3.05, 3.63) is 70.8 Å². The van der Waals surface area contributed by atoms with Crippen LogP contribution in [-0.2, 0) is 6.42 Å². The standard InChI is InChI=1S/C19H18O2/c1-14(2)8-11-17-18(20)12-16(13-19(17)21)10-9-15-6-4-3-5-7-15/h4,6-10,12-13,20-21H,11H2,1-2H3/b10-9+. The van der Waals surface area contributed by atoms with Gasteiger partial charge in [0.1, 0.15) is 11.5 Å². The van der Waals surface area contributed by atoms with Crippen LogP contribution < -0.4 is 0 Å². The van der Waals surface area contributed by atoms with E-state index in [0.29, 0.717) is 12.0 Å². The Kier molecular flexibility index (Phi) is 4.68. The average molecular weight is 278 g/mol. The summed E-state index contributed by atoms with van der Waals surface area (Å²) in [6, 6.07) is 14.5. The van der Waals surface area contributed by atoms with Crippen LogP contribution in [0.25, 0.3) is 12.2 Å². The first-order chi connectivity index (χ1) is 10.1. The topological polar surface area (TPSA) is 40.5 Å². The van der Waals surface area contributed by atoms with Crippen molar-refractivity contribution in [2.24, 2.45) is 0 Å². The Hall–Kier alpha value is -2.66. The minimum Gasteiger partial charge on any atom is -0.507 e. The summed E-state index contributed by atoms with van der Waals surface area (Å²) in [6.45, 7) is 3.97. The molecule has 0 atom stereocenters. The van der Waals surface area contributed by atoms with E-state index < -0.39 is 0 Å². The SMILES string of the molecule is CC(C)=CCc1c(O)cc(/C=C/c2cc#ccc2)cc1O. The highest BCUT2D eigenvalue weighted by Crippen LogP contribution is 2.30. The summed E-state index contributed by atoms with van der Waals surface area (Å²) in [7, 11) is 0. The van der Waals surface area contributed by atoms with Gasteiger partial charge in [0.25, 0.3) is 0 Å². The Morgan fingerprint density at radius 2 is 1.71 bits per heavy atom. The van der Waals surface area contributed by atoms with Gasteiger partial charge in [0.15, 0.2) is 0 Å². The molecule has 0 aliphatic heterocycles. The molecule has 0 fully saturated rings. The van der Waals surface area contributed by atoms with E-state index in [1.165, 1.54) is 0 Å². The number of phenols is 2. The molecule has 2 N–H and O–H groups in total. The molecule has 2 rings (SSSR count). The van der Waals surface area contributed by atoms with Crippen molar-refractivity contribution in [2.45, 2.75) is 20.3 Å². The lowest BCUT2D eigenvalue weighted by Gasteiger charge is -2.07. The van der Waals surface area contributed by atoms with Crippen LogP contribution in [0.4, 0.5) is 0 Å². The molecule has 0 spiro atoms. The highest BCUT2D eigenvalue weighted by Gasteiger charge is 2.07. The molecule has 0 aliphatic carbocycles. The fraction of sp³-hybridized carbons (Fsp3) is 0.158. The smallest absolute Gasteiger partial charge is 0.123 e. The summed E-state index contributed by atoms with van der Waals surface area (Å²) >= 11 is 0. The van der Waals surface area contributed by atoms with Crippen molar-refractivity contribution in [2.75, 3.05) is 0 Å². The number of rotatable bonds is 4. The summed E-state index contributed by atoms with van der Waals surface area (Å²) < 4.78 is 0. The van der Waals surface area contributed by atoms with E-state index >= 15 is 0 Å². The maximum atomic E-state index is 10.0. The van der Waals surface area contributed by atoms with E-state index in [1.54, 1.807) is 18.2 Å². The summed E-state index contributed by atoms with van der Waals surface area (Å²) in [5.74, 6) is 0.222. The summed E-state index contributed by atoms with van der Waals surface area (Å²) in [5, 5.41) is 20.1. The van der Waals surface area contributed by atoms with Gasteiger partial charge in [-0.3, -0.25) is 0 Å². The van der Waals surface area contributed by atoms with Gasteiger partial charge in [0.2, 0.25) is 0 Å². The van der Waals surface area contributed by atoms with Gasteiger partial charge in [-0.25, -0.2) is 0 Å². The Morgan fingerprint density at radius 3 is 2.29 bits per heavy atom. The van der Waals surface area contributed by atoms with Crippen molar-refractivity contribution in [3.8, 4) is 11.5 Å². The van der Waals surface area contributed by atoms with Crippen LogP contribution in [0.5, 0.6) is 11.5 Å². The fourth-order valence-corrected chi connectivity index (χ4v) is 1.93. The van der Waals surface area contributed by atoms with Crippen LogP contribution in [0.3, 0.4) is 0 Å². The van der Waals surface area contributed by atoms with Crippen molar-refractivity contribution in [1.29, 1.82) is 0 Å². The fourth-order valence-electron chi connectivity index (χ4n) is 1.93. The molecule has 21 heavy (non-hydrogen) atoms. The number of hydrogen-bond donors (Lipinski definition) is 2. The Balaban J connectivity index is 2.23. The summed E-state index contributed by atoms with van der Waals surface area (Å²) in [6.07, 6.45) is 6.23. The molecule has 2 nitrogen and oxygen atoms in total. The van der Waals surface area contributed by atoms with Crippen LogP contribution in [0.2, 0.25) is 0 Å². The van der Waals surface area contributed by atoms with E-state index in [9.17, 15) is 10.2 Å². The molecular formula is C19H18O2. The Labute approximate surface area is 125 Å². The van der Waals surface area contributed by atoms with Gasteiger partial charge in [0, 0.05) is 5.56 Å². The minimum atomic E-state index is 0.111. The van der Waals surface area contributed by atoms with E-state index in [4.69, 9.17) is 0 Å². The third kappa shape index (κ3) is 4.15. The molecule has 0 radical (unpaired) electrons. The van der Waals surface area contributed by atoms with Crippen molar-refractivity contribution < 1.29 is 10.2 Å². The van der Waals surface area contributed by atoms with Gasteiger partial charge < -0.3 is 10.2 Å². The van der Waals surface area contributed by atoms with Gasteiger partial charge in [0.05, 0.1) is 0 Å². The molecule has 0 amide bonds. The summed E-state index contributed by atoms with van der Waals surface area (Å²) in [5.41, 5.74) is 3.44. The molecule has 0 aliphatic rings. The lowest BCUT2D eigenvalue weighted by atomic mass is 10.0. The van der Waals surface area contributed by atoms with E-state index in [0.717, 1.165) is 16.7 Å². The maximum absolute atomic E-state index is 10.0. The van der Waals surface area contributed by atoms with Gasteiger partial charge in [-0.1, -0.05) is 35.9 Å². The second-order valence-corrected chi connectivity index (χ2v) is 5.12. The Bertz CT molecular complexity index is 640. The number of hydrogen-bond acceptors (Lipinski definition) is 2. The van der Waals surface area contributed by atoms with Crippen molar-refractivity contribution in [1.82, 2.24) is 0 Å². The summed E-state index contributed by atoms with van der Waals surface area (Å²) in [4.78, 5) is 0. The first-order valence-corrected chi connectivity index (χ1v) is 6.80. The lowest BCUT2D eigenvalue weighted by molar-refractivity contribution is 0.440. The third-order valence-corrected chi connectivity index (χ3v) is 3.09. The van der Waals surface area contributed by atoms with Crippen LogP contribution in [0, 0.1) is 12.1 Å². The van der Waals surface area contributed by atoms with Crippen LogP contribution in [0.1, 0.15) is 30.5 Å². The van der Waals surface area contributed by atoms with E-state index in [1.807, 2.05) is 44.2 Å². The molecule has 0 saturated heterocycles. The lowest BCUT2D eigenvalue weighted by Crippen LogP contribution is -1.87. The molecule has 0 unspecified atom stereocenters. The second kappa shape index (κ2) is 6.67. The second-order valence-electron chi connectivity index (χ2n) is 5.12. The monoisotopic (exact) mass is 278 g/mol. The first-order valence-electron chi connectivity index (χ1n) is 6.80. The van der Waals surface area contributed by atoms with Gasteiger partial charge in [-0.15, -0.1) is 0 Å². The molecular weight excluding hydrogens is 260 g/mol. The number of phenolic OH excluding ortho intramolecular Hbond substituents is 2. The minimum absolute atomic E-state index is 0.111. The van der Waals surface area contributed by atoms with Crippen molar-refractivity contribution in [3.63, 3.8) is 0 Å². The zero-order chi connectivity index (χ0) is 15.2. The molecule has 0 saturated carbocycles. The zero-order valence-electron chi connectivity index (χ0n) is 12.2. The molecule has 2 heteroatoms. The number of benzene rings is 1. The van der Waals surface area contributed by atoms with E-state index in [2.05, 4.69) is 12.1 Å². The molecule has 2 aromatic rings. The van der Waals surface area contributed by atoms with Crippen LogP contribution in [-0.4, -0.2) is 10.2 Å². The van der Waals surface area contributed by atoms with Gasteiger partial charge in [-0.2, -0.15) is 0 Å². The van der Waals surface area contributed by atoms with Crippen LogP contribution >= 0.6 is 0 Å². The van der Waals surface area contributed by atoms with Crippen LogP contribution in [0.15, 0.2) is 42.0 Å². The first kappa shape index (κ1) is 14.7. The van der Waals surface area contributed by atoms with E-state index in [-0.39, 0.29) is 11.5 Å². The third-order valence-electron chi connectivity index (χ3n) is 3.09. The average Bonchev–Trinajstić information content (AvgIpc) is 2.45. The molecule has 106 valence electrons. The number of aromatic hydroxyl groups is 2. The van der Waals surface area contributed by atoms with Gasteiger partial charge in [-0.05, 0) is 61.7 Å². The number of allylic oxidation sites excluding steroid dienone is 2. The van der Waals surface area contributed by atoms with Crippen molar-refractivity contribution >= 4 is 12.2 Å². The molecule has 2 aromatic carbocycles. The normalized spacial score (nSPS) is 10.4. The molecule has 0 bridgehead atoms. The highest BCUT2D eigenvalue weighted by molar-refractivity contribution is 5.71. The largest absolute Gasteiger partial charge is 0.507 e. The van der Waals surface area contributed by atoms with Gasteiger partial charge >= 0.3 is 0 Å². The Morgan fingerprint density at radius 1 is 1.05 bits per heavy atom. The highest BCUT2D eigenvalue weighted by atomic mass is 16.3. The molecule has 0 heterocycles. The predicted octanol–water partition coefficient (Wildman–Crippen LogP) is 4.38. The maximum Gasteiger partial charge on any atom is 0.123 e. The zero-order valence-corrected chi connectivity index (χ0v) is 12.2. The predicted molar refractivity (Wildman–Crippen MR) is 85.9 cm³/mol. The molecule has 0 aromatic heterocycles.